The average Bonchev–Trinajstić information content (AvgIpc) is 3.10. The van der Waals surface area contributed by atoms with Gasteiger partial charge in [0.05, 0.1) is 18.4 Å². The van der Waals surface area contributed by atoms with Crippen molar-refractivity contribution in [3.05, 3.63) is 42.4 Å². The maximum atomic E-state index is 12.2. The third-order valence-electron chi connectivity index (χ3n) is 4.32. The van der Waals surface area contributed by atoms with Crippen LogP contribution in [0.5, 0.6) is 5.75 Å². The van der Waals surface area contributed by atoms with Crippen LogP contribution in [-0.4, -0.2) is 40.1 Å². The minimum atomic E-state index is -0.279. The van der Waals surface area contributed by atoms with Gasteiger partial charge in [-0.15, -0.1) is 0 Å². The second kappa shape index (κ2) is 6.91. The Balaban J connectivity index is 1.42. The summed E-state index contributed by atoms with van der Waals surface area (Å²) in [5, 5.41) is 6.63. The van der Waals surface area contributed by atoms with Crippen molar-refractivity contribution >= 4 is 17.5 Å². The van der Waals surface area contributed by atoms with Crippen molar-refractivity contribution in [3.63, 3.8) is 0 Å². The van der Waals surface area contributed by atoms with Gasteiger partial charge in [0.25, 0.3) is 5.91 Å². The molecule has 8 nitrogen and oxygen atoms in total. The fraction of sp³-hybridized carbons (Fsp3) is 0.278. The maximum Gasteiger partial charge on any atom is 0.267 e. The molecule has 132 valence electrons. The van der Waals surface area contributed by atoms with E-state index in [9.17, 15) is 9.59 Å². The number of carbonyl (C=O) groups excluding carboxylic acids is 2. The summed E-state index contributed by atoms with van der Waals surface area (Å²) in [5.74, 6) is 0.334. The lowest BCUT2D eigenvalue weighted by atomic mass is 10.0. The quantitative estimate of drug-likeness (QED) is 0.849. The molecule has 1 aromatic heterocycles. The molecule has 0 saturated carbocycles. The van der Waals surface area contributed by atoms with Gasteiger partial charge in [-0.05, 0) is 11.6 Å². The van der Waals surface area contributed by atoms with Gasteiger partial charge in [-0.25, -0.2) is 5.43 Å². The Morgan fingerprint density at radius 2 is 2.23 bits per heavy atom. The average molecular weight is 351 g/mol. The van der Waals surface area contributed by atoms with E-state index in [4.69, 9.17) is 4.74 Å². The molecule has 0 bridgehead atoms. The van der Waals surface area contributed by atoms with Gasteiger partial charge in [0.1, 0.15) is 17.6 Å². The summed E-state index contributed by atoms with van der Waals surface area (Å²) in [6.45, 7) is 0.361. The highest BCUT2D eigenvalue weighted by Gasteiger charge is 2.27. The van der Waals surface area contributed by atoms with Crippen molar-refractivity contribution in [1.29, 1.82) is 0 Å². The minimum absolute atomic E-state index is 0.162. The molecule has 8 heteroatoms. The van der Waals surface area contributed by atoms with E-state index in [2.05, 4.69) is 25.8 Å². The van der Waals surface area contributed by atoms with Crippen LogP contribution in [0.25, 0.3) is 11.3 Å². The van der Waals surface area contributed by atoms with Crippen LogP contribution >= 0.6 is 0 Å². The number of carbonyl (C=O) groups is 2. The highest BCUT2D eigenvalue weighted by atomic mass is 16.5. The number of ether oxygens (including phenoxy) is 1. The summed E-state index contributed by atoms with van der Waals surface area (Å²) in [7, 11) is 0. The Bertz CT molecular complexity index is 882. The van der Waals surface area contributed by atoms with Crippen LogP contribution in [0.2, 0.25) is 0 Å². The van der Waals surface area contributed by atoms with Crippen LogP contribution in [0, 0.1) is 0 Å². The van der Waals surface area contributed by atoms with E-state index < -0.39 is 0 Å². The highest BCUT2D eigenvalue weighted by Crippen LogP contribution is 2.37. The summed E-state index contributed by atoms with van der Waals surface area (Å²) in [6, 6.07) is 5.92. The number of amides is 2. The Labute approximate surface area is 149 Å². The molecule has 2 aliphatic heterocycles. The molecule has 0 aliphatic carbocycles. The van der Waals surface area contributed by atoms with Crippen molar-refractivity contribution in [2.45, 2.75) is 25.4 Å². The number of aromatic nitrogens is 2. The van der Waals surface area contributed by atoms with Gasteiger partial charge in [0, 0.05) is 37.2 Å². The Hall–Kier alpha value is -3.29. The van der Waals surface area contributed by atoms with E-state index in [1.54, 1.807) is 18.6 Å². The Kier molecular flexibility index (Phi) is 4.30. The maximum absolute atomic E-state index is 12.2. The van der Waals surface area contributed by atoms with E-state index in [0.717, 1.165) is 22.6 Å². The number of hydrogen-bond acceptors (Lipinski definition) is 6. The molecule has 4 rings (SSSR count). The minimum Gasteiger partial charge on any atom is -0.487 e. The molecule has 3 heterocycles. The summed E-state index contributed by atoms with van der Waals surface area (Å²) in [6.07, 6.45) is 6.13. The molecular weight excluding hydrogens is 334 g/mol. The molecule has 26 heavy (non-hydrogen) atoms. The third kappa shape index (κ3) is 3.26. The molecule has 1 unspecified atom stereocenters. The smallest absolute Gasteiger partial charge is 0.267 e. The number of benzene rings is 1. The third-order valence-corrected chi connectivity index (χ3v) is 4.32. The fourth-order valence-electron chi connectivity index (χ4n) is 3.04. The van der Waals surface area contributed by atoms with E-state index in [1.807, 2.05) is 18.2 Å². The predicted octanol–water partition coefficient (Wildman–Crippen LogP) is 0.829. The van der Waals surface area contributed by atoms with Crippen LogP contribution in [0.15, 0.2) is 41.9 Å². The summed E-state index contributed by atoms with van der Waals surface area (Å²) < 4.78 is 6.06. The number of hydrogen-bond donors (Lipinski definition) is 2. The standard InChI is InChI=1S/C18H17N5O3/c24-16-5-4-14(22-23-16)18(25)21-9-12-8-11-2-1-3-13(17(11)26-12)15-10-19-6-7-20-15/h1-3,6-7,10,12H,4-5,8-9H2,(H,21,25)(H,23,24). The number of nitrogens with zero attached hydrogens (tertiary/aromatic N) is 3. The topological polar surface area (TPSA) is 106 Å². The summed E-state index contributed by atoms with van der Waals surface area (Å²) in [4.78, 5) is 31.7. The number of para-hydroxylation sites is 1. The zero-order valence-electron chi connectivity index (χ0n) is 13.9. The molecule has 0 spiro atoms. The first kappa shape index (κ1) is 16.2. The van der Waals surface area contributed by atoms with Gasteiger partial charge in [-0.3, -0.25) is 19.6 Å². The van der Waals surface area contributed by atoms with E-state index in [1.165, 1.54) is 0 Å². The lowest BCUT2D eigenvalue weighted by Crippen LogP contribution is -2.41. The number of fused-ring (bicyclic) bond motifs is 1. The van der Waals surface area contributed by atoms with Gasteiger partial charge in [0.2, 0.25) is 5.91 Å². The van der Waals surface area contributed by atoms with Crippen molar-refractivity contribution < 1.29 is 14.3 Å². The fourth-order valence-corrected chi connectivity index (χ4v) is 3.04. The van der Waals surface area contributed by atoms with Gasteiger partial charge in [0.15, 0.2) is 0 Å². The number of rotatable bonds is 4. The molecule has 1 atom stereocenters. The molecule has 0 radical (unpaired) electrons. The number of nitrogens with one attached hydrogen (secondary N) is 2. The van der Waals surface area contributed by atoms with Crippen LogP contribution < -0.4 is 15.5 Å². The van der Waals surface area contributed by atoms with E-state index in [0.29, 0.717) is 25.1 Å². The van der Waals surface area contributed by atoms with Crippen molar-refractivity contribution in [2.24, 2.45) is 5.10 Å². The first-order valence-corrected chi connectivity index (χ1v) is 8.39. The summed E-state index contributed by atoms with van der Waals surface area (Å²) >= 11 is 0. The first-order valence-electron chi connectivity index (χ1n) is 8.39. The predicted molar refractivity (Wildman–Crippen MR) is 93.4 cm³/mol. The normalized spacial score (nSPS) is 18.4. The molecule has 2 amide bonds. The van der Waals surface area contributed by atoms with E-state index >= 15 is 0 Å². The largest absolute Gasteiger partial charge is 0.487 e. The van der Waals surface area contributed by atoms with Gasteiger partial charge >= 0.3 is 0 Å². The molecular formula is C18H17N5O3. The molecule has 1 aromatic carbocycles. The van der Waals surface area contributed by atoms with Crippen molar-refractivity contribution in [3.8, 4) is 17.0 Å². The van der Waals surface area contributed by atoms with Crippen LogP contribution in [0.1, 0.15) is 18.4 Å². The zero-order valence-corrected chi connectivity index (χ0v) is 13.9. The molecule has 0 saturated heterocycles. The van der Waals surface area contributed by atoms with Gasteiger partial charge < -0.3 is 10.1 Å². The van der Waals surface area contributed by atoms with Crippen molar-refractivity contribution in [1.82, 2.24) is 20.7 Å². The Morgan fingerprint density at radius 3 is 3.00 bits per heavy atom. The van der Waals surface area contributed by atoms with Crippen LogP contribution in [-0.2, 0) is 16.0 Å². The zero-order chi connectivity index (χ0) is 17.9. The monoisotopic (exact) mass is 351 g/mol. The second-order valence-electron chi connectivity index (χ2n) is 6.13. The summed E-state index contributed by atoms with van der Waals surface area (Å²) in [5.41, 5.74) is 5.38. The Morgan fingerprint density at radius 1 is 1.31 bits per heavy atom. The SMILES string of the molecule is O=C1CCC(C(=O)NCC2Cc3cccc(-c4cnccn4)c3O2)=NN1. The van der Waals surface area contributed by atoms with Gasteiger partial charge in [-0.2, -0.15) is 5.10 Å². The highest BCUT2D eigenvalue weighted by molar-refractivity contribution is 6.39. The van der Waals surface area contributed by atoms with Gasteiger partial charge in [-0.1, -0.05) is 12.1 Å². The molecule has 2 N–H and O–H groups in total. The molecule has 2 aromatic rings. The van der Waals surface area contributed by atoms with Crippen molar-refractivity contribution in [2.75, 3.05) is 6.54 Å². The van der Waals surface area contributed by atoms with Crippen LogP contribution in [0.3, 0.4) is 0 Å². The van der Waals surface area contributed by atoms with Crippen LogP contribution in [0.4, 0.5) is 0 Å². The lowest BCUT2D eigenvalue weighted by molar-refractivity contribution is -0.121. The molecule has 2 aliphatic rings. The lowest BCUT2D eigenvalue weighted by Gasteiger charge is -2.15. The number of hydrazone groups is 1. The molecule has 0 fully saturated rings. The van der Waals surface area contributed by atoms with E-state index in [-0.39, 0.29) is 24.3 Å². The first-order chi connectivity index (χ1) is 12.7. The second-order valence-corrected chi connectivity index (χ2v) is 6.13.